The Morgan fingerprint density at radius 3 is 2.73 bits per heavy atom. The number of hydrogen-bond donors (Lipinski definition) is 1. The number of carbonyl (C=O) groups is 1. The molecule has 0 spiro atoms. The topological polar surface area (TPSA) is 55.1 Å². The second-order valence-corrected chi connectivity index (χ2v) is 5.82. The van der Waals surface area contributed by atoms with E-state index in [0.717, 1.165) is 18.4 Å². The van der Waals surface area contributed by atoms with Crippen LogP contribution in [0, 0.1) is 11.7 Å². The van der Waals surface area contributed by atoms with Crippen molar-refractivity contribution in [2.24, 2.45) is 5.92 Å². The third kappa shape index (κ3) is 3.72. The Balaban J connectivity index is 1.53. The molecule has 0 unspecified atom stereocenters. The number of halogens is 1. The van der Waals surface area contributed by atoms with Gasteiger partial charge in [0, 0.05) is 18.1 Å². The van der Waals surface area contributed by atoms with Crippen LogP contribution in [0.15, 0.2) is 34.9 Å². The van der Waals surface area contributed by atoms with E-state index in [4.69, 9.17) is 4.52 Å². The zero-order chi connectivity index (χ0) is 15.4. The fourth-order valence-corrected chi connectivity index (χ4v) is 2.88. The van der Waals surface area contributed by atoms with Crippen molar-refractivity contribution >= 4 is 5.91 Å². The first-order valence-electron chi connectivity index (χ1n) is 7.69. The normalized spacial score (nSPS) is 15.1. The van der Waals surface area contributed by atoms with Crippen molar-refractivity contribution in [3.8, 4) is 11.3 Å². The minimum Gasteiger partial charge on any atom is -0.356 e. The number of aromatic nitrogens is 1. The molecule has 0 bridgehead atoms. The molecule has 0 saturated heterocycles. The minimum absolute atomic E-state index is 0.0678. The molecular weight excluding hydrogens is 283 g/mol. The number of nitrogens with zero attached hydrogens (tertiary/aromatic N) is 1. The first kappa shape index (κ1) is 14.8. The molecule has 5 heteroatoms. The van der Waals surface area contributed by atoms with Gasteiger partial charge in [0.15, 0.2) is 5.76 Å². The van der Waals surface area contributed by atoms with Gasteiger partial charge in [-0.25, -0.2) is 4.39 Å². The second kappa shape index (κ2) is 6.73. The summed E-state index contributed by atoms with van der Waals surface area (Å²) in [5.74, 6) is 0.882. The van der Waals surface area contributed by atoms with Crippen molar-refractivity contribution in [1.82, 2.24) is 10.5 Å². The molecule has 1 amide bonds. The van der Waals surface area contributed by atoms with Gasteiger partial charge in [-0.05, 0) is 43.0 Å². The summed E-state index contributed by atoms with van der Waals surface area (Å²) in [4.78, 5) is 11.9. The van der Waals surface area contributed by atoms with E-state index >= 15 is 0 Å². The standard InChI is InChI=1S/C17H19FN2O2/c18-14-7-5-13(6-8-14)16-10-15(20-22-16)11-19-17(21)9-12-3-1-2-4-12/h5-8,10,12H,1-4,9,11H2,(H,19,21). The van der Waals surface area contributed by atoms with Crippen molar-refractivity contribution < 1.29 is 13.7 Å². The molecule has 1 fully saturated rings. The molecule has 1 heterocycles. The third-order valence-electron chi connectivity index (χ3n) is 4.10. The first-order chi connectivity index (χ1) is 10.7. The molecule has 0 aliphatic heterocycles. The quantitative estimate of drug-likeness (QED) is 0.916. The fourth-order valence-electron chi connectivity index (χ4n) is 2.88. The van der Waals surface area contributed by atoms with Crippen LogP contribution < -0.4 is 5.32 Å². The van der Waals surface area contributed by atoms with Crippen molar-refractivity contribution in [3.05, 3.63) is 41.8 Å². The molecule has 0 atom stereocenters. The largest absolute Gasteiger partial charge is 0.356 e. The highest BCUT2D eigenvalue weighted by molar-refractivity contribution is 5.76. The Bertz CT molecular complexity index is 630. The van der Waals surface area contributed by atoms with Crippen LogP contribution in [0.4, 0.5) is 4.39 Å². The minimum atomic E-state index is -0.289. The van der Waals surface area contributed by atoms with E-state index in [9.17, 15) is 9.18 Å². The van der Waals surface area contributed by atoms with E-state index in [1.165, 1.54) is 25.0 Å². The lowest BCUT2D eigenvalue weighted by molar-refractivity contribution is -0.122. The molecular formula is C17H19FN2O2. The van der Waals surface area contributed by atoms with E-state index in [1.54, 1.807) is 18.2 Å². The van der Waals surface area contributed by atoms with Crippen molar-refractivity contribution in [2.45, 2.75) is 38.6 Å². The van der Waals surface area contributed by atoms with Crippen molar-refractivity contribution in [1.29, 1.82) is 0 Å². The van der Waals surface area contributed by atoms with Crippen LogP contribution in [-0.4, -0.2) is 11.1 Å². The second-order valence-electron chi connectivity index (χ2n) is 5.82. The van der Waals surface area contributed by atoms with Gasteiger partial charge in [-0.3, -0.25) is 4.79 Å². The van der Waals surface area contributed by atoms with Gasteiger partial charge in [-0.15, -0.1) is 0 Å². The van der Waals surface area contributed by atoms with Gasteiger partial charge in [0.25, 0.3) is 0 Å². The molecule has 3 rings (SSSR count). The van der Waals surface area contributed by atoms with E-state index in [1.807, 2.05) is 0 Å². The molecule has 1 N–H and O–H groups in total. The highest BCUT2D eigenvalue weighted by Crippen LogP contribution is 2.27. The maximum atomic E-state index is 12.9. The van der Waals surface area contributed by atoms with E-state index in [-0.39, 0.29) is 11.7 Å². The number of rotatable bonds is 5. The average Bonchev–Trinajstić information content (AvgIpc) is 3.17. The summed E-state index contributed by atoms with van der Waals surface area (Å²) < 4.78 is 18.1. The summed E-state index contributed by atoms with van der Waals surface area (Å²) in [6.07, 6.45) is 5.39. The number of benzene rings is 1. The molecule has 1 saturated carbocycles. The molecule has 0 radical (unpaired) electrons. The fraction of sp³-hybridized carbons (Fsp3) is 0.412. The van der Waals surface area contributed by atoms with Gasteiger partial charge < -0.3 is 9.84 Å². The van der Waals surface area contributed by atoms with E-state index in [2.05, 4.69) is 10.5 Å². The smallest absolute Gasteiger partial charge is 0.220 e. The lowest BCUT2D eigenvalue weighted by Crippen LogP contribution is -2.24. The van der Waals surface area contributed by atoms with Gasteiger partial charge in [-0.2, -0.15) is 0 Å². The molecule has 1 aromatic heterocycles. The molecule has 4 nitrogen and oxygen atoms in total. The van der Waals surface area contributed by atoms with Gasteiger partial charge in [0.1, 0.15) is 11.5 Å². The Morgan fingerprint density at radius 1 is 1.27 bits per heavy atom. The van der Waals surface area contributed by atoms with Gasteiger partial charge in [0.2, 0.25) is 5.91 Å². The number of carbonyl (C=O) groups excluding carboxylic acids is 1. The van der Waals surface area contributed by atoms with E-state index in [0.29, 0.717) is 30.3 Å². The molecule has 1 aliphatic rings. The molecule has 1 aliphatic carbocycles. The SMILES string of the molecule is O=C(CC1CCCC1)NCc1cc(-c2ccc(F)cc2)on1. The summed E-state index contributed by atoms with van der Waals surface area (Å²) in [5, 5.41) is 6.81. The van der Waals surface area contributed by atoms with Crippen LogP contribution in [0.5, 0.6) is 0 Å². The Morgan fingerprint density at radius 2 is 2.00 bits per heavy atom. The average molecular weight is 302 g/mol. The Kier molecular flexibility index (Phi) is 4.51. The van der Waals surface area contributed by atoms with Crippen LogP contribution in [0.3, 0.4) is 0 Å². The summed E-state index contributed by atoms with van der Waals surface area (Å²) in [7, 11) is 0. The summed E-state index contributed by atoms with van der Waals surface area (Å²) in [6.45, 7) is 0.357. The predicted molar refractivity (Wildman–Crippen MR) is 80.3 cm³/mol. The third-order valence-corrected chi connectivity index (χ3v) is 4.10. The maximum Gasteiger partial charge on any atom is 0.220 e. The number of nitrogens with one attached hydrogen (secondary N) is 1. The zero-order valence-electron chi connectivity index (χ0n) is 12.3. The predicted octanol–water partition coefficient (Wildman–Crippen LogP) is 3.68. The van der Waals surface area contributed by atoms with Crippen LogP contribution >= 0.6 is 0 Å². The lowest BCUT2D eigenvalue weighted by atomic mass is 10.0. The van der Waals surface area contributed by atoms with Crippen molar-refractivity contribution in [2.75, 3.05) is 0 Å². The van der Waals surface area contributed by atoms with Crippen molar-refractivity contribution in [3.63, 3.8) is 0 Å². The van der Waals surface area contributed by atoms with Crippen LogP contribution in [-0.2, 0) is 11.3 Å². The Labute approximate surface area is 128 Å². The summed E-state index contributed by atoms with van der Waals surface area (Å²) >= 11 is 0. The van der Waals surface area contributed by atoms with E-state index < -0.39 is 0 Å². The van der Waals surface area contributed by atoms with Gasteiger partial charge in [0.05, 0.1) is 6.54 Å². The Hall–Kier alpha value is -2.17. The van der Waals surface area contributed by atoms with Gasteiger partial charge in [-0.1, -0.05) is 18.0 Å². The molecule has 22 heavy (non-hydrogen) atoms. The highest BCUT2D eigenvalue weighted by Gasteiger charge is 2.18. The first-order valence-corrected chi connectivity index (χ1v) is 7.69. The molecule has 1 aromatic carbocycles. The monoisotopic (exact) mass is 302 g/mol. The summed E-state index contributed by atoms with van der Waals surface area (Å²) in [5.41, 5.74) is 1.43. The maximum absolute atomic E-state index is 12.9. The molecule has 2 aromatic rings. The zero-order valence-corrected chi connectivity index (χ0v) is 12.3. The number of amides is 1. The van der Waals surface area contributed by atoms with Crippen LogP contribution in [0.25, 0.3) is 11.3 Å². The van der Waals surface area contributed by atoms with Crippen LogP contribution in [0.2, 0.25) is 0 Å². The molecule has 116 valence electrons. The number of hydrogen-bond acceptors (Lipinski definition) is 3. The van der Waals surface area contributed by atoms with Crippen LogP contribution in [0.1, 0.15) is 37.8 Å². The highest BCUT2D eigenvalue weighted by atomic mass is 19.1. The summed E-state index contributed by atoms with van der Waals surface area (Å²) in [6, 6.07) is 7.79. The van der Waals surface area contributed by atoms with Gasteiger partial charge >= 0.3 is 0 Å². The lowest BCUT2D eigenvalue weighted by Gasteiger charge is -2.08.